The van der Waals surface area contributed by atoms with Crippen molar-refractivity contribution in [2.75, 3.05) is 42.2 Å². The lowest BCUT2D eigenvalue weighted by molar-refractivity contribution is -0.143. The lowest BCUT2D eigenvalue weighted by Gasteiger charge is -2.46. The molecule has 8 atom stereocenters. The number of carbonyl (C=O) groups excluding carboxylic acids is 3. The first-order valence-corrected chi connectivity index (χ1v) is 16.0. The zero-order valence-electron chi connectivity index (χ0n) is 28.8. The molecule has 0 aromatic heterocycles. The normalized spacial score (nSPS) is 30.3. The largest absolute Gasteiger partial charge is 0.495 e. The molecule has 3 aliphatic carbocycles. The molecule has 3 saturated carbocycles. The maximum atomic E-state index is 13.4. The van der Waals surface area contributed by atoms with Gasteiger partial charge in [-0.25, -0.2) is 9.59 Å². The Kier molecular flexibility index (Phi) is 10.1. The van der Waals surface area contributed by atoms with Gasteiger partial charge in [-0.05, 0) is 72.5 Å². The maximum Gasteiger partial charge on any atom is 0.345 e. The van der Waals surface area contributed by atoms with E-state index in [0.29, 0.717) is 36.8 Å². The van der Waals surface area contributed by atoms with Crippen LogP contribution in [0.4, 0.5) is 0 Å². The van der Waals surface area contributed by atoms with Crippen LogP contribution in [0.2, 0.25) is 0 Å². The summed E-state index contributed by atoms with van der Waals surface area (Å²) >= 11 is 0. The van der Waals surface area contributed by atoms with Crippen molar-refractivity contribution in [2.24, 2.45) is 46.3 Å². The van der Waals surface area contributed by atoms with E-state index in [0.717, 1.165) is 12.8 Å². The number of aliphatic hydroxyl groups is 1. The van der Waals surface area contributed by atoms with E-state index in [1.54, 1.807) is 0 Å². The molecule has 3 fully saturated rings. The lowest BCUT2D eigenvalue weighted by atomic mass is 9.59. The Morgan fingerprint density at radius 1 is 0.844 bits per heavy atom. The van der Waals surface area contributed by atoms with Crippen LogP contribution < -0.4 is 14.2 Å². The topological polar surface area (TPSA) is 127 Å². The first kappa shape index (κ1) is 34.9. The van der Waals surface area contributed by atoms with Gasteiger partial charge in [-0.2, -0.15) is 0 Å². The van der Waals surface area contributed by atoms with Crippen LogP contribution in [0.25, 0.3) is 0 Å². The number of esters is 3. The number of ether oxygens (including phenoxy) is 6. The summed E-state index contributed by atoms with van der Waals surface area (Å²) in [6.45, 7) is 12.7. The molecule has 0 amide bonds. The molecule has 4 rings (SSSR count). The van der Waals surface area contributed by atoms with Crippen LogP contribution in [0.1, 0.15) is 99.4 Å². The number of methoxy groups -OCH3 is 5. The molecule has 252 valence electrons. The number of carbonyl (C=O) groups is 3. The van der Waals surface area contributed by atoms with Gasteiger partial charge in [0.25, 0.3) is 0 Å². The second-order valence-electron chi connectivity index (χ2n) is 14.3. The molecule has 10 heteroatoms. The van der Waals surface area contributed by atoms with Crippen LogP contribution in [0, 0.1) is 46.3 Å². The van der Waals surface area contributed by atoms with Gasteiger partial charge in [0.05, 0.1) is 48.3 Å². The minimum Gasteiger partial charge on any atom is -0.495 e. The third-order valence-electron chi connectivity index (χ3n) is 11.5. The summed E-state index contributed by atoms with van der Waals surface area (Å²) in [4.78, 5) is 38.7. The maximum absolute atomic E-state index is 13.4. The van der Waals surface area contributed by atoms with Crippen LogP contribution in [-0.4, -0.2) is 71.3 Å². The summed E-state index contributed by atoms with van der Waals surface area (Å²) in [6.07, 6.45) is 2.38. The van der Waals surface area contributed by atoms with Gasteiger partial charge in [-0.15, -0.1) is 0 Å². The lowest BCUT2D eigenvalue weighted by Crippen LogP contribution is -2.43. The van der Waals surface area contributed by atoms with Gasteiger partial charge in [0.1, 0.15) is 22.6 Å². The standard InChI is InChI=1S/C35H52O10/c1-17(2)14-22(24-29(40-7)25(32(38)43-10)31(42-9)26(30(24)41-8)33(39)44-11)35(6)23(37)15-20-19(16-45-18(3)36)12-13-21-28(27(20)35)34(21,4)5/h17,19-23,27-28,37H,12-16H2,1-11H3/t19-,20+,21-,22-,23+,27-,28-,35+/m1/s1. The van der Waals surface area contributed by atoms with Crippen molar-refractivity contribution in [3.63, 3.8) is 0 Å². The van der Waals surface area contributed by atoms with E-state index in [-0.39, 0.29) is 63.4 Å². The Bertz CT molecular complexity index is 1260. The number of benzene rings is 1. The van der Waals surface area contributed by atoms with Crippen LogP contribution in [0.3, 0.4) is 0 Å². The average molecular weight is 633 g/mol. The molecule has 0 saturated heterocycles. The first-order valence-electron chi connectivity index (χ1n) is 16.0. The summed E-state index contributed by atoms with van der Waals surface area (Å²) in [5.41, 5.74) is -0.240. The highest BCUT2D eigenvalue weighted by atomic mass is 16.5. The Hall–Kier alpha value is -3.01. The molecule has 10 nitrogen and oxygen atoms in total. The van der Waals surface area contributed by atoms with E-state index < -0.39 is 29.4 Å². The van der Waals surface area contributed by atoms with E-state index in [9.17, 15) is 19.5 Å². The Labute approximate surface area is 267 Å². The van der Waals surface area contributed by atoms with Crippen molar-refractivity contribution in [3.05, 3.63) is 16.7 Å². The summed E-state index contributed by atoms with van der Waals surface area (Å²) < 4.78 is 33.7. The fourth-order valence-corrected chi connectivity index (χ4v) is 9.41. The van der Waals surface area contributed by atoms with Crippen molar-refractivity contribution < 1.29 is 47.9 Å². The molecule has 1 aromatic carbocycles. The van der Waals surface area contributed by atoms with Gasteiger partial charge in [0.15, 0.2) is 5.75 Å². The second-order valence-corrected chi connectivity index (χ2v) is 14.3. The molecule has 0 unspecified atom stereocenters. The van der Waals surface area contributed by atoms with E-state index in [1.165, 1.54) is 42.5 Å². The molecule has 45 heavy (non-hydrogen) atoms. The van der Waals surface area contributed by atoms with E-state index in [4.69, 9.17) is 28.4 Å². The highest BCUT2D eigenvalue weighted by molar-refractivity contribution is 6.05. The monoisotopic (exact) mass is 632 g/mol. The number of hydrogen-bond donors (Lipinski definition) is 1. The smallest absolute Gasteiger partial charge is 0.345 e. The fraction of sp³-hybridized carbons (Fsp3) is 0.743. The zero-order valence-corrected chi connectivity index (χ0v) is 28.8. The quantitative estimate of drug-likeness (QED) is 0.241. The van der Waals surface area contributed by atoms with Crippen LogP contribution in [0.5, 0.6) is 17.2 Å². The summed E-state index contributed by atoms with van der Waals surface area (Å²) in [6, 6.07) is 0. The molecule has 0 aliphatic heterocycles. The second kappa shape index (κ2) is 13.0. The van der Waals surface area contributed by atoms with Crippen LogP contribution in [-0.2, 0) is 19.0 Å². The van der Waals surface area contributed by atoms with Crippen molar-refractivity contribution in [3.8, 4) is 17.2 Å². The van der Waals surface area contributed by atoms with E-state index >= 15 is 0 Å². The fourth-order valence-electron chi connectivity index (χ4n) is 9.41. The Morgan fingerprint density at radius 3 is 1.82 bits per heavy atom. The van der Waals surface area contributed by atoms with Gasteiger partial charge in [0, 0.05) is 17.9 Å². The van der Waals surface area contributed by atoms with Gasteiger partial charge >= 0.3 is 17.9 Å². The van der Waals surface area contributed by atoms with Crippen molar-refractivity contribution >= 4 is 17.9 Å². The number of fused-ring (bicyclic) bond motifs is 3. The Morgan fingerprint density at radius 2 is 1.38 bits per heavy atom. The molecule has 0 bridgehead atoms. The third kappa shape index (κ3) is 5.65. The predicted molar refractivity (Wildman–Crippen MR) is 167 cm³/mol. The Balaban J connectivity index is 2.07. The van der Waals surface area contributed by atoms with Gasteiger partial charge < -0.3 is 33.5 Å². The molecule has 0 heterocycles. The van der Waals surface area contributed by atoms with Crippen LogP contribution >= 0.6 is 0 Å². The van der Waals surface area contributed by atoms with Gasteiger partial charge in [-0.1, -0.05) is 34.6 Å². The molecule has 0 radical (unpaired) electrons. The third-order valence-corrected chi connectivity index (χ3v) is 11.5. The van der Waals surface area contributed by atoms with E-state index in [1.807, 2.05) is 0 Å². The molecule has 0 spiro atoms. The number of hydrogen-bond acceptors (Lipinski definition) is 10. The summed E-state index contributed by atoms with van der Waals surface area (Å²) in [5.74, 6) is -0.694. The van der Waals surface area contributed by atoms with Gasteiger partial charge in [0.2, 0.25) is 0 Å². The predicted octanol–water partition coefficient (Wildman–Crippen LogP) is 5.66. The van der Waals surface area contributed by atoms with Crippen molar-refractivity contribution in [1.29, 1.82) is 0 Å². The van der Waals surface area contributed by atoms with Crippen LogP contribution in [0.15, 0.2) is 0 Å². The average Bonchev–Trinajstić information content (AvgIpc) is 3.50. The number of aliphatic hydroxyl groups excluding tert-OH is 1. The minimum atomic E-state index is -0.740. The van der Waals surface area contributed by atoms with Crippen molar-refractivity contribution in [1.82, 2.24) is 0 Å². The first-order chi connectivity index (χ1) is 21.2. The SMILES string of the molecule is COC(=O)c1c(OC)c(C(=O)OC)c(OC)c([C@@H](CC(C)C)[C@]2(C)[C@@H]3[C@@H](C[C@@H]2O)[C@@H](COC(C)=O)CC[C@@H]2[C@H]3C2(C)C)c1OC. The summed E-state index contributed by atoms with van der Waals surface area (Å²) in [5, 5.41) is 12.3. The zero-order chi connectivity index (χ0) is 33.6. The van der Waals surface area contributed by atoms with Gasteiger partial charge in [-0.3, -0.25) is 4.79 Å². The van der Waals surface area contributed by atoms with Crippen molar-refractivity contribution in [2.45, 2.75) is 79.2 Å². The molecule has 3 aliphatic rings. The molecular weight excluding hydrogens is 580 g/mol. The highest BCUT2D eigenvalue weighted by Gasteiger charge is 2.71. The molecule has 1 aromatic rings. The van der Waals surface area contributed by atoms with E-state index in [2.05, 4.69) is 34.6 Å². The highest BCUT2D eigenvalue weighted by Crippen LogP contribution is 2.75. The molecule has 1 N–H and O–H groups in total. The molecular formula is C35H52O10. The minimum absolute atomic E-state index is 0.0432. The number of rotatable bonds is 11. The summed E-state index contributed by atoms with van der Waals surface area (Å²) in [7, 11) is 6.79.